The monoisotopic (exact) mass is 202 g/mol. The number of hydrogen-bond donors (Lipinski definition) is 1. The molecular formula is C12H11FN2. The van der Waals surface area contributed by atoms with Crippen molar-refractivity contribution in [1.29, 1.82) is 0 Å². The predicted molar refractivity (Wildman–Crippen MR) is 58.8 cm³/mol. The molecule has 2 aromatic rings. The van der Waals surface area contributed by atoms with Gasteiger partial charge in [0.15, 0.2) is 0 Å². The normalized spacial score (nSPS) is 10.3. The molecule has 2 nitrogen and oxygen atoms in total. The minimum absolute atomic E-state index is 0.270. The number of nitrogens with zero attached hydrogens (tertiary/aromatic N) is 1. The summed E-state index contributed by atoms with van der Waals surface area (Å²) in [5.74, 6) is 0.126. The molecule has 0 aliphatic carbocycles. The van der Waals surface area contributed by atoms with Crippen molar-refractivity contribution >= 4 is 5.82 Å². The fourth-order valence-electron chi connectivity index (χ4n) is 1.43. The fourth-order valence-corrected chi connectivity index (χ4v) is 1.43. The molecular weight excluding hydrogens is 191 g/mol. The number of pyridine rings is 1. The predicted octanol–water partition coefficient (Wildman–Crippen LogP) is 2.78. The molecule has 0 fully saturated rings. The molecule has 1 aromatic carbocycles. The van der Waals surface area contributed by atoms with Crippen molar-refractivity contribution in [2.45, 2.75) is 6.92 Å². The number of nitrogen functional groups attached to an aromatic ring is 1. The van der Waals surface area contributed by atoms with Gasteiger partial charge < -0.3 is 5.73 Å². The highest BCUT2D eigenvalue weighted by Crippen LogP contribution is 2.22. The van der Waals surface area contributed by atoms with E-state index < -0.39 is 0 Å². The molecule has 0 saturated heterocycles. The molecule has 0 amide bonds. The van der Waals surface area contributed by atoms with Gasteiger partial charge in [-0.15, -0.1) is 0 Å². The number of hydrogen-bond acceptors (Lipinski definition) is 2. The summed E-state index contributed by atoms with van der Waals surface area (Å²) in [6.07, 6.45) is 0. The van der Waals surface area contributed by atoms with Gasteiger partial charge in [0.05, 0.1) is 5.69 Å². The molecule has 15 heavy (non-hydrogen) atoms. The summed E-state index contributed by atoms with van der Waals surface area (Å²) < 4.78 is 13.6. The first kappa shape index (κ1) is 9.65. The van der Waals surface area contributed by atoms with E-state index in [9.17, 15) is 4.39 Å². The minimum atomic E-state index is -0.270. The first-order valence-electron chi connectivity index (χ1n) is 4.66. The fraction of sp³-hybridized carbons (Fsp3) is 0.0833. The van der Waals surface area contributed by atoms with E-state index in [4.69, 9.17) is 5.73 Å². The molecule has 2 N–H and O–H groups in total. The summed E-state index contributed by atoms with van der Waals surface area (Å²) in [6, 6.07) is 10.2. The Labute approximate surface area is 87.6 Å². The molecule has 0 bridgehead atoms. The maximum absolute atomic E-state index is 13.6. The largest absolute Gasteiger partial charge is 0.384 e. The van der Waals surface area contributed by atoms with Crippen molar-refractivity contribution < 1.29 is 4.39 Å². The van der Waals surface area contributed by atoms with Crippen LogP contribution in [0.15, 0.2) is 36.4 Å². The Morgan fingerprint density at radius 1 is 1.20 bits per heavy atom. The lowest BCUT2D eigenvalue weighted by Gasteiger charge is -2.04. The van der Waals surface area contributed by atoms with Gasteiger partial charge >= 0.3 is 0 Å². The Hall–Kier alpha value is -1.90. The van der Waals surface area contributed by atoms with Crippen molar-refractivity contribution in [3.63, 3.8) is 0 Å². The van der Waals surface area contributed by atoms with E-state index in [2.05, 4.69) is 4.98 Å². The van der Waals surface area contributed by atoms with Gasteiger partial charge in [-0.1, -0.05) is 12.1 Å². The third kappa shape index (κ3) is 1.96. The summed E-state index contributed by atoms with van der Waals surface area (Å²) in [5.41, 5.74) is 7.47. The molecule has 0 spiro atoms. The van der Waals surface area contributed by atoms with E-state index in [1.165, 1.54) is 6.07 Å². The minimum Gasteiger partial charge on any atom is -0.384 e. The highest BCUT2D eigenvalue weighted by molar-refractivity contribution is 5.61. The molecule has 0 unspecified atom stereocenters. The standard InChI is InChI=1S/C12H11FN2/c1-8-5-6-9(10(13)7-8)11-3-2-4-12(14)15-11/h2-7H,1H3,(H2,14,15). The Kier molecular flexibility index (Phi) is 2.37. The van der Waals surface area contributed by atoms with E-state index in [1.807, 2.05) is 13.0 Å². The van der Waals surface area contributed by atoms with Crippen LogP contribution >= 0.6 is 0 Å². The number of rotatable bonds is 1. The van der Waals surface area contributed by atoms with Crippen molar-refractivity contribution in [3.8, 4) is 11.3 Å². The molecule has 76 valence electrons. The van der Waals surface area contributed by atoms with Crippen LogP contribution in [0.3, 0.4) is 0 Å². The second kappa shape index (κ2) is 3.69. The van der Waals surface area contributed by atoms with E-state index >= 15 is 0 Å². The van der Waals surface area contributed by atoms with Crippen LogP contribution in [-0.2, 0) is 0 Å². The zero-order chi connectivity index (χ0) is 10.8. The molecule has 0 atom stereocenters. The topological polar surface area (TPSA) is 38.9 Å². The molecule has 1 aromatic heterocycles. The number of anilines is 1. The number of benzene rings is 1. The summed E-state index contributed by atoms with van der Waals surface area (Å²) in [6.45, 7) is 1.85. The number of aromatic nitrogens is 1. The molecule has 2 rings (SSSR count). The average Bonchev–Trinajstić information content (AvgIpc) is 2.17. The quantitative estimate of drug-likeness (QED) is 0.772. The lowest BCUT2D eigenvalue weighted by Crippen LogP contribution is -1.93. The summed E-state index contributed by atoms with van der Waals surface area (Å²) in [4.78, 5) is 4.07. The van der Waals surface area contributed by atoms with Crippen LogP contribution in [0.25, 0.3) is 11.3 Å². The van der Waals surface area contributed by atoms with E-state index in [0.717, 1.165) is 5.56 Å². The van der Waals surface area contributed by atoms with Crippen molar-refractivity contribution in [3.05, 3.63) is 47.8 Å². The van der Waals surface area contributed by atoms with Crippen molar-refractivity contribution in [2.24, 2.45) is 0 Å². The SMILES string of the molecule is Cc1ccc(-c2cccc(N)n2)c(F)c1. The van der Waals surface area contributed by atoms with Crippen LogP contribution in [0.5, 0.6) is 0 Å². The molecule has 0 aliphatic rings. The van der Waals surface area contributed by atoms with Crippen LogP contribution in [0.1, 0.15) is 5.56 Å². The second-order valence-corrected chi connectivity index (χ2v) is 3.43. The molecule has 0 aliphatic heterocycles. The molecule has 1 heterocycles. The number of nitrogens with two attached hydrogens (primary N) is 1. The van der Waals surface area contributed by atoms with Gasteiger partial charge in [0, 0.05) is 5.56 Å². The molecule has 0 radical (unpaired) electrons. The Balaban J connectivity index is 2.54. The Morgan fingerprint density at radius 3 is 2.67 bits per heavy atom. The van der Waals surface area contributed by atoms with Crippen LogP contribution in [0.2, 0.25) is 0 Å². The van der Waals surface area contributed by atoms with Crippen LogP contribution in [0, 0.1) is 12.7 Å². The van der Waals surface area contributed by atoms with E-state index in [-0.39, 0.29) is 5.82 Å². The van der Waals surface area contributed by atoms with Crippen LogP contribution in [0.4, 0.5) is 10.2 Å². The number of aryl methyl sites for hydroxylation is 1. The third-order valence-electron chi connectivity index (χ3n) is 2.17. The van der Waals surface area contributed by atoms with Gasteiger partial charge in [0.1, 0.15) is 11.6 Å². The zero-order valence-corrected chi connectivity index (χ0v) is 8.37. The highest BCUT2D eigenvalue weighted by Gasteiger charge is 2.06. The first-order valence-corrected chi connectivity index (χ1v) is 4.66. The van der Waals surface area contributed by atoms with Crippen molar-refractivity contribution in [2.75, 3.05) is 5.73 Å². The number of halogens is 1. The maximum atomic E-state index is 13.6. The zero-order valence-electron chi connectivity index (χ0n) is 8.37. The van der Waals surface area contributed by atoms with Gasteiger partial charge in [0.25, 0.3) is 0 Å². The van der Waals surface area contributed by atoms with E-state index in [0.29, 0.717) is 17.1 Å². The van der Waals surface area contributed by atoms with Gasteiger partial charge in [-0.25, -0.2) is 9.37 Å². The van der Waals surface area contributed by atoms with E-state index in [1.54, 1.807) is 24.3 Å². The second-order valence-electron chi connectivity index (χ2n) is 3.43. The van der Waals surface area contributed by atoms with Gasteiger partial charge in [-0.05, 0) is 36.8 Å². The summed E-state index contributed by atoms with van der Waals surface area (Å²) >= 11 is 0. The molecule has 3 heteroatoms. The van der Waals surface area contributed by atoms with Crippen LogP contribution in [-0.4, -0.2) is 4.98 Å². The Bertz CT molecular complexity index is 495. The smallest absolute Gasteiger partial charge is 0.132 e. The van der Waals surface area contributed by atoms with Gasteiger partial charge in [-0.3, -0.25) is 0 Å². The van der Waals surface area contributed by atoms with Crippen molar-refractivity contribution in [1.82, 2.24) is 4.98 Å². The highest BCUT2D eigenvalue weighted by atomic mass is 19.1. The first-order chi connectivity index (χ1) is 7.16. The summed E-state index contributed by atoms with van der Waals surface area (Å²) in [5, 5.41) is 0. The van der Waals surface area contributed by atoms with Gasteiger partial charge in [-0.2, -0.15) is 0 Å². The Morgan fingerprint density at radius 2 is 2.00 bits per heavy atom. The lowest BCUT2D eigenvalue weighted by molar-refractivity contribution is 0.629. The third-order valence-corrected chi connectivity index (χ3v) is 2.17. The molecule has 0 saturated carbocycles. The lowest BCUT2D eigenvalue weighted by atomic mass is 10.1. The van der Waals surface area contributed by atoms with Gasteiger partial charge in [0.2, 0.25) is 0 Å². The maximum Gasteiger partial charge on any atom is 0.132 e. The van der Waals surface area contributed by atoms with Crippen LogP contribution < -0.4 is 5.73 Å². The average molecular weight is 202 g/mol. The summed E-state index contributed by atoms with van der Waals surface area (Å²) in [7, 11) is 0.